The molecule has 1 nitrogen and oxygen atoms in total. The molecule has 0 bridgehead atoms. The van der Waals surface area contributed by atoms with Gasteiger partial charge in [-0.3, -0.25) is 0 Å². The molecule has 0 saturated carbocycles. The predicted octanol–water partition coefficient (Wildman–Crippen LogP) is 4.19. The molecule has 0 fully saturated rings. The monoisotopic (exact) mass is 277 g/mol. The van der Waals surface area contributed by atoms with E-state index in [1.807, 2.05) is 0 Å². The average molecular weight is 278 g/mol. The van der Waals surface area contributed by atoms with Crippen LogP contribution in [-0.2, 0) is 0 Å². The summed E-state index contributed by atoms with van der Waals surface area (Å²) in [5.74, 6) is -0.351. The molecule has 1 aromatic carbocycles. The van der Waals surface area contributed by atoms with Crippen molar-refractivity contribution in [2.24, 2.45) is 5.92 Å². The summed E-state index contributed by atoms with van der Waals surface area (Å²) in [4.78, 5) is 0. The van der Waals surface area contributed by atoms with Crippen molar-refractivity contribution in [3.8, 4) is 0 Å². The van der Waals surface area contributed by atoms with Gasteiger partial charge in [-0.05, 0) is 34.3 Å². The zero-order valence-electron chi connectivity index (χ0n) is 8.78. The van der Waals surface area contributed by atoms with E-state index < -0.39 is 11.6 Å². The van der Waals surface area contributed by atoms with Gasteiger partial charge >= 0.3 is 0 Å². The van der Waals surface area contributed by atoms with Gasteiger partial charge in [0.25, 0.3) is 0 Å². The van der Waals surface area contributed by atoms with Crippen molar-refractivity contribution in [1.29, 1.82) is 0 Å². The van der Waals surface area contributed by atoms with Crippen LogP contribution in [0.5, 0.6) is 0 Å². The van der Waals surface area contributed by atoms with E-state index >= 15 is 0 Å². The third kappa shape index (κ3) is 3.78. The lowest BCUT2D eigenvalue weighted by molar-refractivity contribution is 0.587. The summed E-state index contributed by atoms with van der Waals surface area (Å²) in [5, 5.41) is 2.88. The molecule has 0 aliphatic carbocycles. The third-order valence-corrected chi connectivity index (χ3v) is 2.65. The Kier molecular flexibility index (Phi) is 4.51. The summed E-state index contributed by atoms with van der Waals surface area (Å²) in [6, 6.07) is 2.30. The molecular formula is C11H14BrF2N. The van der Waals surface area contributed by atoms with Crippen molar-refractivity contribution >= 4 is 21.6 Å². The fraction of sp³-hybridized carbons (Fsp3) is 0.455. The minimum absolute atomic E-state index is 0.148. The Balaban J connectivity index is 2.65. The largest absolute Gasteiger partial charge is 0.383 e. The molecule has 0 aliphatic heterocycles. The van der Waals surface area contributed by atoms with E-state index in [-0.39, 0.29) is 10.2 Å². The number of halogens is 3. The number of hydrogen-bond acceptors (Lipinski definition) is 1. The van der Waals surface area contributed by atoms with Crippen LogP contribution in [0.1, 0.15) is 20.3 Å². The van der Waals surface area contributed by atoms with Crippen molar-refractivity contribution in [1.82, 2.24) is 0 Å². The van der Waals surface area contributed by atoms with Crippen LogP contribution in [0.3, 0.4) is 0 Å². The first-order valence-corrected chi connectivity index (χ1v) is 5.68. The van der Waals surface area contributed by atoms with Gasteiger partial charge in [0.1, 0.15) is 11.6 Å². The van der Waals surface area contributed by atoms with Crippen molar-refractivity contribution in [2.45, 2.75) is 20.3 Å². The number of anilines is 1. The van der Waals surface area contributed by atoms with Crippen molar-refractivity contribution in [3.05, 3.63) is 28.2 Å². The lowest BCUT2D eigenvalue weighted by Gasteiger charge is -2.09. The molecule has 0 unspecified atom stereocenters. The minimum Gasteiger partial charge on any atom is -0.383 e. The Bertz CT molecular complexity index is 340. The molecule has 0 radical (unpaired) electrons. The fourth-order valence-corrected chi connectivity index (χ4v) is 1.47. The molecule has 1 N–H and O–H groups in total. The molecule has 1 rings (SSSR count). The molecule has 15 heavy (non-hydrogen) atoms. The van der Waals surface area contributed by atoms with E-state index in [1.54, 1.807) is 0 Å². The van der Waals surface area contributed by atoms with Crippen LogP contribution in [0.4, 0.5) is 14.5 Å². The topological polar surface area (TPSA) is 12.0 Å². The normalized spacial score (nSPS) is 10.8. The number of nitrogens with one attached hydrogen (secondary N) is 1. The van der Waals surface area contributed by atoms with Crippen LogP contribution in [-0.4, -0.2) is 6.54 Å². The molecule has 0 spiro atoms. The average Bonchev–Trinajstić information content (AvgIpc) is 2.13. The number of benzene rings is 1. The van der Waals surface area contributed by atoms with Gasteiger partial charge in [0.15, 0.2) is 0 Å². The Morgan fingerprint density at radius 3 is 2.53 bits per heavy atom. The van der Waals surface area contributed by atoms with Crippen molar-refractivity contribution in [3.63, 3.8) is 0 Å². The second-order valence-corrected chi connectivity index (χ2v) is 4.71. The summed E-state index contributed by atoms with van der Waals surface area (Å²) < 4.78 is 26.5. The molecule has 0 aromatic heterocycles. The fourth-order valence-electron chi connectivity index (χ4n) is 1.15. The van der Waals surface area contributed by atoms with Gasteiger partial charge in [-0.1, -0.05) is 13.8 Å². The maximum Gasteiger partial charge on any atom is 0.147 e. The first kappa shape index (κ1) is 12.4. The highest BCUT2D eigenvalue weighted by molar-refractivity contribution is 9.10. The van der Waals surface area contributed by atoms with Gasteiger partial charge in [-0.25, -0.2) is 8.78 Å². The first-order chi connectivity index (χ1) is 7.00. The Labute approximate surface area is 97.0 Å². The van der Waals surface area contributed by atoms with E-state index in [9.17, 15) is 8.78 Å². The number of rotatable bonds is 4. The highest BCUT2D eigenvalue weighted by Gasteiger charge is 2.07. The predicted molar refractivity (Wildman–Crippen MR) is 62.0 cm³/mol. The summed E-state index contributed by atoms with van der Waals surface area (Å²) in [7, 11) is 0. The maximum absolute atomic E-state index is 13.3. The first-order valence-electron chi connectivity index (χ1n) is 4.89. The standard InChI is InChI=1S/C11H14BrF2N/c1-7(2)3-4-15-11-6-9(13)8(12)5-10(11)14/h5-7,15H,3-4H2,1-2H3. The molecule has 4 heteroatoms. The molecule has 1 aromatic rings. The Hall–Kier alpha value is -0.640. The van der Waals surface area contributed by atoms with Gasteiger partial charge in [-0.2, -0.15) is 0 Å². The van der Waals surface area contributed by atoms with E-state index in [2.05, 4.69) is 35.1 Å². The molecular weight excluding hydrogens is 264 g/mol. The number of hydrogen-bond donors (Lipinski definition) is 1. The van der Waals surface area contributed by atoms with Gasteiger partial charge in [0.2, 0.25) is 0 Å². The molecule has 0 amide bonds. The van der Waals surface area contributed by atoms with Crippen LogP contribution in [0.15, 0.2) is 16.6 Å². The van der Waals surface area contributed by atoms with Crippen LogP contribution in [0.2, 0.25) is 0 Å². The lowest BCUT2D eigenvalue weighted by atomic mass is 10.1. The summed E-state index contributed by atoms with van der Waals surface area (Å²) >= 11 is 2.93. The van der Waals surface area contributed by atoms with Gasteiger partial charge in [0, 0.05) is 12.6 Å². The van der Waals surface area contributed by atoms with Gasteiger partial charge < -0.3 is 5.32 Å². The summed E-state index contributed by atoms with van der Waals surface area (Å²) in [6.45, 7) is 4.82. The highest BCUT2D eigenvalue weighted by Crippen LogP contribution is 2.23. The molecule has 0 saturated heterocycles. The van der Waals surface area contributed by atoms with Crippen molar-refractivity contribution < 1.29 is 8.78 Å². The molecule has 0 heterocycles. The van der Waals surface area contributed by atoms with Crippen LogP contribution < -0.4 is 5.32 Å². The van der Waals surface area contributed by atoms with E-state index in [0.29, 0.717) is 12.5 Å². The van der Waals surface area contributed by atoms with Crippen LogP contribution >= 0.6 is 15.9 Å². The third-order valence-electron chi connectivity index (χ3n) is 2.05. The van der Waals surface area contributed by atoms with Crippen molar-refractivity contribution in [2.75, 3.05) is 11.9 Å². The molecule has 0 aliphatic rings. The smallest absolute Gasteiger partial charge is 0.147 e. The Morgan fingerprint density at radius 2 is 1.93 bits per heavy atom. The second kappa shape index (κ2) is 5.45. The minimum atomic E-state index is -0.455. The van der Waals surface area contributed by atoms with Crippen LogP contribution in [0, 0.1) is 17.6 Å². The van der Waals surface area contributed by atoms with Gasteiger partial charge in [0.05, 0.1) is 10.2 Å². The Morgan fingerprint density at radius 1 is 1.27 bits per heavy atom. The summed E-state index contributed by atoms with van der Waals surface area (Å²) in [6.07, 6.45) is 0.928. The van der Waals surface area contributed by atoms with Gasteiger partial charge in [-0.15, -0.1) is 0 Å². The van der Waals surface area contributed by atoms with E-state index in [1.165, 1.54) is 6.07 Å². The lowest BCUT2D eigenvalue weighted by Crippen LogP contribution is -2.06. The van der Waals surface area contributed by atoms with E-state index in [0.717, 1.165) is 12.5 Å². The van der Waals surface area contributed by atoms with Crippen LogP contribution in [0.25, 0.3) is 0 Å². The summed E-state index contributed by atoms with van der Waals surface area (Å²) in [5.41, 5.74) is 0.219. The highest BCUT2D eigenvalue weighted by atomic mass is 79.9. The molecule has 0 atom stereocenters. The quantitative estimate of drug-likeness (QED) is 0.814. The zero-order chi connectivity index (χ0) is 11.4. The second-order valence-electron chi connectivity index (χ2n) is 3.86. The molecule has 84 valence electrons. The maximum atomic E-state index is 13.3. The SMILES string of the molecule is CC(C)CCNc1cc(F)c(Br)cc1F. The van der Waals surface area contributed by atoms with E-state index in [4.69, 9.17) is 0 Å². The zero-order valence-corrected chi connectivity index (χ0v) is 10.4.